The number of nitrogens with zero attached hydrogens (tertiary/aromatic N) is 2. The van der Waals surface area contributed by atoms with Crippen LogP contribution in [0.5, 0.6) is 0 Å². The number of benzene rings is 2. The van der Waals surface area contributed by atoms with E-state index in [1.165, 1.54) is 296 Å². The van der Waals surface area contributed by atoms with E-state index < -0.39 is 0 Å². The molecule has 0 aromatic heterocycles. The number of aryl methyl sites for hydroxylation is 4. The van der Waals surface area contributed by atoms with Crippen LogP contribution in [0.4, 0.5) is 0 Å². The van der Waals surface area contributed by atoms with E-state index >= 15 is 0 Å². The predicted molar refractivity (Wildman–Crippen MR) is 313 cm³/mol. The minimum absolute atomic E-state index is 0. The van der Waals surface area contributed by atoms with E-state index in [0.717, 1.165) is 56.3 Å². The van der Waals surface area contributed by atoms with Crippen molar-refractivity contribution in [3.63, 3.8) is 0 Å². The van der Waals surface area contributed by atoms with Crippen molar-refractivity contribution < 1.29 is 25.1 Å². The van der Waals surface area contributed by atoms with Crippen molar-refractivity contribution in [2.75, 3.05) is 0 Å². The van der Waals surface area contributed by atoms with E-state index in [9.17, 15) is 5.53 Å². The zero-order valence-electron chi connectivity index (χ0n) is 48.0. The van der Waals surface area contributed by atoms with Crippen molar-refractivity contribution in [3.8, 4) is 0 Å². The van der Waals surface area contributed by atoms with Crippen LogP contribution in [0.3, 0.4) is 0 Å². The summed E-state index contributed by atoms with van der Waals surface area (Å²) in [5, 5.41) is 0. The molecule has 2 aromatic carbocycles. The fraction of sp³-hybridized carbons (Fsp3) is 0.765. The van der Waals surface area contributed by atoms with Gasteiger partial charge in [-0.15, -0.1) is 0 Å². The summed E-state index contributed by atoms with van der Waals surface area (Å²) in [6.45, 7) is 11.5. The largest absolute Gasteiger partial charge is 0.493 e. The summed E-state index contributed by atoms with van der Waals surface area (Å²) in [6, 6.07) is 14.7. The Labute approximate surface area is 457 Å². The first kappa shape index (κ1) is 65.3. The molecule has 0 N–H and O–H groups in total. The summed E-state index contributed by atoms with van der Waals surface area (Å²) >= 11 is 0. The molecule has 1 heterocycles. The maximum Gasteiger partial charge on any atom is 0.210 e. The van der Waals surface area contributed by atoms with Crippen LogP contribution >= 0.6 is 0 Å². The van der Waals surface area contributed by atoms with Gasteiger partial charge in [0.15, 0.2) is 0 Å². The van der Waals surface area contributed by atoms with E-state index in [2.05, 4.69) is 77.1 Å². The first-order valence-corrected chi connectivity index (χ1v) is 31.7. The number of unbranched alkanes of at least 4 members (excludes halogenated alkanes) is 37. The molecule has 0 spiro atoms. The molecule has 0 bridgehead atoms. The molecule has 1 aliphatic heterocycles. The Bertz CT molecular complexity index is 1650. The first-order chi connectivity index (χ1) is 34.5. The second-order valence-electron chi connectivity index (χ2n) is 22.6. The fourth-order valence-corrected chi connectivity index (χ4v) is 11.3. The SMILES string of the molecule is CCCCCCCCCCCCCCCCCCCc1cc(CCCCC)cc(C2=CC(CCCC)=C(c3cc(CCCCC)cc(CCCCCCCCCCCCCCCCCCC)c3)[N+]2=[N-])c1.[Pd]. The average Bonchev–Trinajstić information content (AvgIpc) is 3.70. The molecule has 0 saturated heterocycles. The molecule has 0 amide bonds. The zero-order valence-corrected chi connectivity index (χ0v) is 49.5. The van der Waals surface area contributed by atoms with Gasteiger partial charge in [0, 0.05) is 43.2 Å². The molecule has 408 valence electrons. The molecule has 1 aliphatic rings. The van der Waals surface area contributed by atoms with Gasteiger partial charge in [-0.1, -0.05) is 284 Å². The topological polar surface area (TPSA) is 25.3 Å². The summed E-state index contributed by atoms with van der Waals surface area (Å²) in [5.74, 6) is 0. The summed E-state index contributed by atoms with van der Waals surface area (Å²) in [5.41, 5.74) is 23.9. The Hall–Kier alpha value is -1.82. The molecule has 0 aliphatic carbocycles. The van der Waals surface area contributed by atoms with Crippen LogP contribution in [-0.2, 0) is 46.1 Å². The van der Waals surface area contributed by atoms with Crippen molar-refractivity contribution in [3.05, 3.63) is 87.0 Å². The second kappa shape index (κ2) is 45.6. The number of rotatable bonds is 49. The van der Waals surface area contributed by atoms with E-state index in [1.54, 1.807) is 4.70 Å². The molecule has 3 heteroatoms. The van der Waals surface area contributed by atoms with Crippen molar-refractivity contribution in [1.82, 2.24) is 0 Å². The minimum atomic E-state index is 0. The van der Waals surface area contributed by atoms with Crippen molar-refractivity contribution >= 4 is 11.4 Å². The normalized spacial score (nSPS) is 12.6. The molecule has 0 atom stereocenters. The third-order valence-electron chi connectivity index (χ3n) is 15.8. The molecule has 2 aromatic rings. The van der Waals surface area contributed by atoms with E-state index in [-0.39, 0.29) is 20.4 Å². The number of hydrogen-bond donors (Lipinski definition) is 0. The van der Waals surface area contributed by atoms with Gasteiger partial charge in [0.25, 0.3) is 0 Å². The summed E-state index contributed by atoms with van der Waals surface area (Å²) in [4.78, 5) is 0. The Morgan fingerprint density at radius 1 is 0.282 bits per heavy atom. The van der Waals surface area contributed by atoms with Crippen LogP contribution < -0.4 is 0 Å². The van der Waals surface area contributed by atoms with Crippen LogP contribution in [0.1, 0.15) is 344 Å². The monoisotopic (exact) mass is 1070 g/mol. The molecular formula is C68H116N2Pd. The second-order valence-corrected chi connectivity index (χ2v) is 22.6. The Morgan fingerprint density at radius 3 is 0.817 bits per heavy atom. The van der Waals surface area contributed by atoms with Crippen LogP contribution in [0, 0.1) is 0 Å². The van der Waals surface area contributed by atoms with Gasteiger partial charge in [0.1, 0.15) is 0 Å². The van der Waals surface area contributed by atoms with Crippen molar-refractivity contribution in [2.45, 2.75) is 336 Å². The molecular weight excluding hydrogens is 951 g/mol. The van der Waals surface area contributed by atoms with Gasteiger partial charge in [0.2, 0.25) is 11.4 Å². The molecule has 0 saturated carbocycles. The van der Waals surface area contributed by atoms with Gasteiger partial charge in [-0.3, -0.25) is 0 Å². The fourth-order valence-electron chi connectivity index (χ4n) is 11.3. The van der Waals surface area contributed by atoms with Crippen molar-refractivity contribution in [1.29, 1.82) is 0 Å². The predicted octanol–water partition coefficient (Wildman–Crippen LogP) is 23.5. The summed E-state index contributed by atoms with van der Waals surface area (Å²) < 4.78 is 1.61. The molecule has 3 rings (SSSR count). The molecule has 71 heavy (non-hydrogen) atoms. The third-order valence-corrected chi connectivity index (χ3v) is 15.8. The van der Waals surface area contributed by atoms with E-state index in [4.69, 9.17) is 0 Å². The Morgan fingerprint density at radius 2 is 0.521 bits per heavy atom. The van der Waals surface area contributed by atoms with Gasteiger partial charge in [-0.25, -0.2) is 4.70 Å². The maximum absolute atomic E-state index is 12.4. The van der Waals surface area contributed by atoms with Gasteiger partial charge < -0.3 is 5.53 Å². The van der Waals surface area contributed by atoms with Crippen molar-refractivity contribution in [2.24, 2.45) is 0 Å². The average molecular weight is 1070 g/mol. The summed E-state index contributed by atoms with van der Waals surface area (Å²) in [6.07, 6.45) is 65.7. The van der Waals surface area contributed by atoms with Crippen LogP contribution in [-0.4, -0.2) is 4.70 Å². The standard InChI is InChI=1S/C68H116N2.Pd/c1-6-11-16-18-20-22-24-26-28-30-32-34-36-38-40-42-46-50-61-53-60(48-44-13-8-3)55-65(56-61)67-59-64(52-15-10-5)68(70(67)69)66-57-62(49-45-14-9-4)54-63(58-66)51-47-43-41-39-37-35-33-31-29-27-25-23-21-19-17-12-7-2;/h53-59H,6-52H2,1-5H3;. The smallest absolute Gasteiger partial charge is 0.210 e. The number of hydrogen-bond acceptors (Lipinski definition) is 0. The van der Waals surface area contributed by atoms with Crippen LogP contribution in [0.25, 0.3) is 16.9 Å². The third kappa shape index (κ3) is 31.0. The Balaban J connectivity index is 0.0000173. The maximum atomic E-state index is 12.4. The minimum Gasteiger partial charge on any atom is -0.493 e. The molecule has 2 nitrogen and oxygen atoms in total. The van der Waals surface area contributed by atoms with Gasteiger partial charge in [-0.2, -0.15) is 0 Å². The van der Waals surface area contributed by atoms with E-state index in [1.807, 2.05) is 0 Å². The molecule has 0 radical (unpaired) electrons. The quantitative estimate of drug-likeness (QED) is 0.0359. The summed E-state index contributed by atoms with van der Waals surface area (Å²) in [7, 11) is 0. The number of allylic oxidation sites excluding steroid dienone is 2. The Kier molecular flexibility index (Phi) is 41.9. The molecule has 0 unspecified atom stereocenters. The van der Waals surface area contributed by atoms with Crippen LogP contribution in [0.15, 0.2) is 48.0 Å². The van der Waals surface area contributed by atoms with Gasteiger partial charge >= 0.3 is 0 Å². The van der Waals surface area contributed by atoms with Gasteiger partial charge in [-0.05, 0) is 111 Å². The first-order valence-electron chi connectivity index (χ1n) is 31.7. The van der Waals surface area contributed by atoms with Gasteiger partial charge in [0.05, 0.1) is 0 Å². The zero-order chi connectivity index (χ0) is 50.0. The van der Waals surface area contributed by atoms with E-state index in [0.29, 0.717) is 0 Å². The van der Waals surface area contributed by atoms with Crippen LogP contribution in [0.2, 0.25) is 0 Å². The molecule has 0 fully saturated rings.